The van der Waals surface area contributed by atoms with Crippen molar-refractivity contribution in [3.05, 3.63) is 11.1 Å². The molecule has 0 aliphatic rings. The smallest absolute Gasteiger partial charge is 0.0893 e. The highest BCUT2D eigenvalue weighted by Gasteiger charge is 2.12. The van der Waals surface area contributed by atoms with E-state index in [1.807, 2.05) is 12.3 Å². The van der Waals surface area contributed by atoms with E-state index in [0.29, 0.717) is 12.0 Å². The predicted octanol–water partition coefficient (Wildman–Crippen LogP) is 1.69. The first-order valence-electron chi connectivity index (χ1n) is 5.31. The molecule has 0 bridgehead atoms. The van der Waals surface area contributed by atoms with Gasteiger partial charge in [0.05, 0.1) is 12.3 Å². The highest BCUT2D eigenvalue weighted by Crippen LogP contribution is 2.04. The fourth-order valence-corrected chi connectivity index (χ4v) is 1.68. The zero-order valence-corrected chi connectivity index (χ0v) is 10.4. The van der Waals surface area contributed by atoms with Gasteiger partial charge in [-0.05, 0) is 24.4 Å². The van der Waals surface area contributed by atoms with E-state index >= 15 is 0 Å². The maximum Gasteiger partial charge on any atom is 0.0893 e. The van der Waals surface area contributed by atoms with Crippen molar-refractivity contribution >= 4 is 11.5 Å². The Kier molecular flexibility index (Phi) is 5.75. The second-order valence-corrected chi connectivity index (χ2v) is 4.40. The molecule has 1 N–H and O–H groups in total. The third kappa shape index (κ3) is 4.68. The fourth-order valence-electron chi connectivity index (χ4n) is 1.23. The van der Waals surface area contributed by atoms with Crippen LogP contribution in [0.4, 0.5) is 0 Å². The third-order valence-electron chi connectivity index (χ3n) is 2.26. The zero-order valence-electron chi connectivity index (χ0n) is 9.56. The molecule has 1 atom stereocenters. The van der Waals surface area contributed by atoms with Crippen molar-refractivity contribution in [3.63, 3.8) is 0 Å². The normalized spacial score (nSPS) is 13.3. The number of nitrogens with one attached hydrogen (secondary N) is 1. The lowest BCUT2D eigenvalue weighted by Crippen LogP contribution is -2.37. The minimum absolute atomic E-state index is 0.381. The minimum atomic E-state index is 0.381. The van der Waals surface area contributed by atoms with Crippen molar-refractivity contribution in [3.8, 4) is 0 Å². The second kappa shape index (κ2) is 6.87. The molecule has 1 aromatic heterocycles. The minimum Gasteiger partial charge on any atom is -0.380 e. The van der Waals surface area contributed by atoms with Gasteiger partial charge in [0, 0.05) is 24.6 Å². The number of aromatic nitrogens is 2. The average molecular weight is 229 g/mol. The fraction of sp³-hybridized carbons (Fsp3) is 0.800. The summed E-state index contributed by atoms with van der Waals surface area (Å²) < 4.78 is 9.26. The summed E-state index contributed by atoms with van der Waals surface area (Å²) in [6, 6.07) is 0.381. The van der Waals surface area contributed by atoms with Crippen LogP contribution < -0.4 is 5.32 Å². The second-order valence-electron chi connectivity index (χ2n) is 3.79. The Labute approximate surface area is 95.2 Å². The standard InChI is InChI=1S/C10H19N3OS/c1-4-14-6-10(8(2)3)11-5-9-7-15-13-12-9/h7-8,10-11H,4-6H2,1-3H3. The van der Waals surface area contributed by atoms with Crippen LogP contribution >= 0.6 is 11.5 Å². The van der Waals surface area contributed by atoms with Crippen LogP contribution in [0, 0.1) is 5.92 Å². The van der Waals surface area contributed by atoms with Gasteiger partial charge in [-0.15, -0.1) is 5.10 Å². The Hall–Kier alpha value is -0.520. The average Bonchev–Trinajstić information content (AvgIpc) is 2.70. The summed E-state index contributed by atoms with van der Waals surface area (Å²) in [5, 5.41) is 9.39. The van der Waals surface area contributed by atoms with Crippen molar-refractivity contribution < 1.29 is 4.74 Å². The molecular weight excluding hydrogens is 210 g/mol. The summed E-state index contributed by atoms with van der Waals surface area (Å²) >= 11 is 1.39. The Morgan fingerprint density at radius 2 is 2.33 bits per heavy atom. The van der Waals surface area contributed by atoms with Crippen LogP contribution in [-0.4, -0.2) is 28.8 Å². The molecular formula is C10H19N3OS. The van der Waals surface area contributed by atoms with E-state index in [2.05, 4.69) is 28.8 Å². The molecule has 1 aromatic rings. The van der Waals surface area contributed by atoms with Crippen LogP contribution in [-0.2, 0) is 11.3 Å². The number of hydrogen-bond acceptors (Lipinski definition) is 5. The molecule has 1 heterocycles. The molecule has 0 radical (unpaired) electrons. The van der Waals surface area contributed by atoms with Gasteiger partial charge in [0.25, 0.3) is 0 Å². The maximum absolute atomic E-state index is 5.43. The molecule has 0 amide bonds. The maximum atomic E-state index is 5.43. The van der Waals surface area contributed by atoms with Crippen LogP contribution in [0.5, 0.6) is 0 Å². The summed E-state index contributed by atoms with van der Waals surface area (Å²) in [4.78, 5) is 0. The molecule has 0 saturated carbocycles. The summed E-state index contributed by atoms with van der Waals surface area (Å²) in [5.74, 6) is 0.558. The number of hydrogen-bond donors (Lipinski definition) is 1. The molecule has 0 fully saturated rings. The lowest BCUT2D eigenvalue weighted by Gasteiger charge is -2.21. The van der Waals surface area contributed by atoms with Gasteiger partial charge in [-0.2, -0.15) is 0 Å². The lowest BCUT2D eigenvalue weighted by atomic mass is 10.1. The van der Waals surface area contributed by atoms with E-state index < -0.39 is 0 Å². The summed E-state index contributed by atoms with van der Waals surface area (Å²) in [6.45, 7) is 8.69. The van der Waals surface area contributed by atoms with E-state index in [1.165, 1.54) is 11.5 Å². The van der Waals surface area contributed by atoms with Gasteiger partial charge in [0.1, 0.15) is 0 Å². The van der Waals surface area contributed by atoms with Crippen molar-refractivity contribution in [1.82, 2.24) is 14.9 Å². The topological polar surface area (TPSA) is 47.0 Å². The monoisotopic (exact) mass is 229 g/mol. The Morgan fingerprint density at radius 1 is 1.53 bits per heavy atom. The number of rotatable bonds is 7. The van der Waals surface area contributed by atoms with Crippen LogP contribution in [0.25, 0.3) is 0 Å². The first-order valence-corrected chi connectivity index (χ1v) is 6.14. The van der Waals surface area contributed by atoms with Crippen molar-refractivity contribution in [2.75, 3.05) is 13.2 Å². The van der Waals surface area contributed by atoms with E-state index in [4.69, 9.17) is 4.74 Å². The number of nitrogens with zero attached hydrogens (tertiary/aromatic N) is 2. The Morgan fingerprint density at radius 3 is 2.87 bits per heavy atom. The molecule has 5 heteroatoms. The third-order valence-corrected chi connectivity index (χ3v) is 2.81. The molecule has 0 saturated heterocycles. The van der Waals surface area contributed by atoms with E-state index in [1.54, 1.807) is 0 Å². The predicted molar refractivity (Wildman–Crippen MR) is 61.9 cm³/mol. The van der Waals surface area contributed by atoms with Crippen LogP contribution in [0.1, 0.15) is 26.5 Å². The largest absolute Gasteiger partial charge is 0.380 e. The molecule has 0 aromatic carbocycles. The van der Waals surface area contributed by atoms with Gasteiger partial charge in [0.2, 0.25) is 0 Å². The van der Waals surface area contributed by atoms with Crippen molar-refractivity contribution in [1.29, 1.82) is 0 Å². The van der Waals surface area contributed by atoms with Crippen LogP contribution in [0.2, 0.25) is 0 Å². The van der Waals surface area contributed by atoms with Gasteiger partial charge in [-0.25, -0.2) is 0 Å². The molecule has 1 rings (SSSR count). The van der Waals surface area contributed by atoms with Gasteiger partial charge < -0.3 is 10.1 Å². The molecule has 15 heavy (non-hydrogen) atoms. The highest BCUT2D eigenvalue weighted by molar-refractivity contribution is 7.03. The first-order chi connectivity index (χ1) is 7.24. The first kappa shape index (κ1) is 12.5. The Bertz CT molecular complexity index is 251. The molecule has 4 nitrogen and oxygen atoms in total. The molecule has 86 valence electrons. The highest BCUT2D eigenvalue weighted by atomic mass is 32.1. The van der Waals surface area contributed by atoms with Gasteiger partial charge in [-0.1, -0.05) is 18.3 Å². The molecule has 1 unspecified atom stereocenters. The lowest BCUT2D eigenvalue weighted by molar-refractivity contribution is 0.107. The van der Waals surface area contributed by atoms with Crippen molar-refractivity contribution in [2.45, 2.75) is 33.4 Å². The van der Waals surface area contributed by atoms with Gasteiger partial charge >= 0.3 is 0 Å². The Balaban J connectivity index is 2.31. The van der Waals surface area contributed by atoms with Crippen LogP contribution in [0.15, 0.2) is 5.38 Å². The van der Waals surface area contributed by atoms with E-state index in [-0.39, 0.29) is 0 Å². The quantitative estimate of drug-likeness (QED) is 0.773. The molecule has 0 spiro atoms. The summed E-state index contributed by atoms with van der Waals surface area (Å²) in [7, 11) is 0. The summed E-state index contributed by atoms with van der Waals surface area (Å²) in [6.07, 6.45) is 0. The molecule has 0 aliphatic carbocycles. The number of ether oxygens (including phenoxy) is 1. The van der Waals surface area contributed by atoms with Gasteiger partial charge in [-0.3, -0.25) is 0 Å². The van der Waals surface area contributed by atoms with Crippen LogP contribution in [0.3, 0.4) is 0 Å². The summed E-state index contributed by atoms with van der Waals surface area (Å²) in [5.41, 5.74) is 1.00. The van der Waals surface area contributed by atoms with E-state index in [0.717, 1.165) is 25.5 Å². The SMILES string of the molecule is CCOCC(NCc1csnn1)C(C)C. The van der Waals surface area contributed by atoms with Crippen molar-refractivity contribution in [2.24, 2.45) is 5.92 Å². The zero-order chi connectivity index (χ0) is 11.1. The van der Waals surface area contributed by atoms with E-state index in [9.17, 15) is 0 Å². The van der Waals surface area contributed by atoms with Gasteiger partial charge in [0.15, 0.2) is 0 Å². The molecule has 0 aliphatic heterocycles.